The number of likely N-dealkylation sites (tertiary alicyclic amines) is 1. The van der Waals surface area contributed by atoms with Gasteiger partial charge in [-0.1, -0.05) is 6.92 Å². The van der Waals surface area contributed by atoms with Crippen LogP contribution in [-0.2, 0) is 0 Å². The van der Waals surface area contributed by atoms with E-state index < -0.39 is 0 Å². The molecule has 2 rings (SSSR count). The van der Waals surface area contributed by atoms with Crippen molar-refractivity contribution >= 4 is 17.4 Å². The number of anilines is 1. The molecular formula is C10H16ClN5. The van der Waals surface area contributed by atoms with Crippen LogP contribution in [0, 0.1) is 0 Å². The Balaban J connectivity index is 1.94. The molecule has 1 unspecified atom stereocenters. The predicted octanol–water partition coefficient (Wildman–Crippen LogP) is 1.42. The lowest BCUT2D eigenvalue weighted by molar-refractivity contribution is 0.226. The first-order valence-electron chi connectivity index (χ1n) is 5.62. The van der Waals surface area contributed by atoms with Crippen LogP contribution in [0.4, 0.5) is 5.82 Å². The van der Waals surface area contributed by atoms with Crippen molar-refractivity contribution in [3.63, 3.8) is 0 Å². The van der Waals surface area contributed by atoms with Crippen molar-refractivity contribution in [2.75, 3.05) is 25.0 Å². The largest absolute Gasteiger partial charge is 0.365 e. The Labute approximate surface area is 100 Å². The van der Waals surface area contributed by atoms with Gasteiger partial charge in [-0.3, -0.25) is 0 Å². The van der Waals surface area contributed by atoms with Crippen LogP contribution < -0.4 is 5.32 Å². The van der Waals surface area contributed by atoms with E-state index in [9.17, 15) is 0 Å². The highest BCUT2D eigenvalue weighted by atomic mass is 35.5. The molecule has 1 fully saturated rings. The third kappa shape index (κ3) is 3.02. The van der Waals surface area contributed by atoms with Crippen molar-refractivity contribution in [2.24, 2.45) is 0 Å². The smallest absolute Gasteiger partial charge is 0.244 e. The summed E-state index contributed by atoms with van der Waals surface area (Å²) in [5, 5.41) is 10.9. The van der Waals surface area contributed by atoms with E-state index in [-0.39, 0.29) is 5.28 Å². The Bertz CT molecular complexity index is 346. The fourth-order valence-corrected chi connectivity index (χ4v) is 2.16. The molecule has 0 bridgehead atoms. The lowest BCUT2D eigenvalue weighted by atomic mass is 10.1. The molecule has 16 heavy (non-hydrogen) atoms. The zero-order valence-electron chi connectivity index (χ0n) is 9.36. The minimum atomic E-state index is 0.188. The number of hydrogen-bond donors (Lipinski definition) is 1. The normalized spacial score (nSPS) is 22.0. The summed E-state index contributed by atoms with van der Waals surface area (Å²) in [7, 11) is 0. The molecule has 1 saturated heterocycles. The maximum absolute atomic E-state index is 5.68. The van der Waals surface area contributed by atoms with E-state index in [4.69, 9.17) is 11.6 Å². The van der Waals surface area contributed by atoms with E-state index in [2.05, 4.69) is 32.3 Å². The van der Waals surface area contributed by atoms with Crippen LogP contribution in [0.3, 0.4) is 0 Å². The first kappa shape index (κ1) is 11.5. The fraction of sp³-hybridized carbons (Fsp3) is 0.700. The van der Waals surface area contributed by atoms with Crippen molar-refractivity contribution < 1.29 is 0 Å². The number of nitrogens with one attached hydrogen (secondary N) is 1. The second kappa shape index (κ2) is 5.41. The van der Waals surface area contributed by atoms with Crippen LogP contribution in [-0.4, -0.2) is 45.8 Å². The van der Waals surface area contributed by atoms with Crippen LogP contribution in [0.25, 0.3) is 0 Å². The summed E-state index contributed by atoms with van der Waals surface area (Å²) in [6.07, 6.45) is 3.99. The van der Waals surface area contributed by atoms with Crippen molar-refractivity contribution in [3.05, 3.63) is 11.5 Å². The van der Waals surface area contributed by atoms with Crippen molar-refractivity contribution in [1.29, 1.82) is 0 Å². The summed E-state index contributed by atoms with van der Waals surface area (Å²) >= 11 is 5.68. The number of likely N-dealkylation sites (N-methyl/N-ethyl adjacent to an activating group) is 1. The summed E-state index contributed by atoms with van der Waals surface area (Å²) < 4.78 is 0. The summed E-state index contributed by atoms with van der Waals surface area (Å²) in [5.74, 6) is 0.711. The van der Waals surface area contributed by atoms with Gasteiger partial charge >= 0.3 is 0 Å². The molecule has 1 N–H and O–H groups in total. The molecule has 5 nitrogen and oxygen atoms in total. The molecule has 2 heterocycles. The first-order chi connectivity index (χ1) is 7.78. The SMILES string of the molecule is CCN1CCCC(Nc2cnnc(Cl)n2)C1. The Morgan fingerprint density at radius 1 is 1.62 bits per heavy atom. The number of piperidine rings is 1. The van der Waals surface area contributed by atoms with Gasteiger partial charge in [0.05, 0.1) is 6.20 Å². The van der Waals surface area contributed by atoms with Gasteiger partial charge in [-0.2, -0.15) is 10.1 Å². The average molecular weight is 242 g/mol. The van der Waals surface area contributed by atoms with Gasteiger partial charge < -0.3 is 10.2 Å². The molecule has 1 aromatic rings. The molecular weight excluding hydrogens is 226 g/mol. The molecule has 0 spiro atoms. The van der Waals surface area contributed by atoms with Gasteiger partial charge in [-0.05, 0) is 37.5 Å². The molecule has 0 aromatic carbocycles. The molecule has 0 saturated carbocycles. The minimum Gasteiger partial charge on any atom is -0.365 e. The highest BCUT2D eigenvalue weighted by molar-refractivity contribution is 6.28. The average Bonchev–Trinajstić information content (AvgIpc) is 2.29. The van der Waals surface area contributed by atoms with E-state index in [1.807, 2.05) is 0 Å². The number of halogens is 1. The lowest BCUT2D eigenvalue weighted by Gasteiger charge is -2.32. The molecule has 1 aromatic heterocycles. The topological polar surface area (TPSA) is 53.9 Å². The highest BCUT2D eigenvalue weighted by Crippen LogP contribution is 2.14. The van der Waals surface area contributed by atoms with Gasteiger partial charge in [0, 0.05) is 12.6 Å². The second-order valence-electron chi connectivity index (χ2n) is 3.99. The monoisotopic (exact) mass is 241 g/mol. The van der Waals surface area contributed by atoms with E-state index >= 15 is 0 Å². The van der Waals surface area contributed by atoms with Crippen molar-refractivity contribution in [3.8, 4) is 0 Å². The van der Waals surface area contributed by atoms with Gasteiger partial charge in [-0.25, -0.2) is 0 Å². The number of nitrogens with zero attached hydrogens (tertiary/aromatic N) is 4. The standard InChI is InChI=1S/C10H16ClN5/c1-2-16-5-3-4-8(7-16)13-9-6-12-15-10(11)14-9/h6,8H,2-5,7H2,1H3,(H,13,14,15). The lowest BCUT2D eigenvalue weighted by Crippen LogP contribution is -2.42. The Morgan fingerprint density at radius 3 is 3.25 bits per heavy atom. The third-order valence-corrected chi connectivity index (χ3v) is 3.00. The second-order valence-corrected chi connectivity index (χ2v) is 4.33. The van der Waals surface area contributed by atoms with Crippen LogP contribution in [0.5, 0.6) is 0 Å². The van der Waals surface area contributed by atoms with E-state index in [0.29, 0.717) is 11.9 Å². The zero-order chi connectivity index (χ0) is 11.4. The number of aromatic nitrogens is 3. The first-order valence-corrected chi connectivity index (χ1v) is 6.00. The Morgan fingerprint density at radius 2 is 2.50 bits per heavy atom. The summed E-state index contributed by atoms with van der Waals surface area (Å²) in [4.78, 5) is 6.51. The van der Waals surface area contributed by atoms with Gasteiger partial charge in [0.25, 0.3) is 0 Å². The fourth-order valence-electron chi connectivity index (χ4n) is 2.02. The van der Waals surface area contributed by atoms with Crippen LogP contribution in [0.2, 0.25) is 5.28 Å². The quantitative estimate of drug-likeness (QED) is 0.868. The van der Waals surface area contributed by atoms with Crippen molar-refractivity contribution in [2.45, 2.75) is 25.8 Å². The van der Waals surface area contributed by atoms with Crippen LogP contribution >= 0.6 is 11.6 Å². The summed E-state index contributed by atoms with van der Waals surface area (Å²) in [6.45, 7) is 5.53. The molecule has 0 aliphatic carbocycles. The maximum atomic E-state index is 5.68. The zero-order valence-corrected chi connectivity index (χ0v) is 10.1. The van der Waals surface area contributed by atoms with E-state index in [1.54, 1.807) is 6.20 Å². The van der Waals surface area contributed by atoms with Gasteiger partial charge in [0.1, 0.15) is 5.82 Å². The van der Waals surface area contributed by atoms with Crippen LogP contribution in [0.1, 0.15) is 19.8 Å². The minimum absolute atomic E-state index is 0.188. The molecule has 0 radical (unpaired) electrons. The molecule has 1 aliphatic heterocycles. The van der Waals surface area contributed by atoms with Gasteiger partial charge in [-0.15, -0.1) is 5.10 Å². The van der Waals surface area contributed by atoms with Crippen molar-refractivity contribution in [1.82, 2.24) is 20.1 Å². The molecule has 1 atom stereocenters. The van der Waals surface area contributed by atoms with E-state index in [1.165, 1.54) is 13.0 Å². The highest BCUT2D eigenvalue weighted by Gasteiger charge is 2.18. The molecule has 0 amide bonds. The molecule has 88 valence electrons. The Hall–Kier alpha value is -0.940. The summed E-state index contributed by atoms with van der Waals surface area (Å²) in [6, 6.07) is 0.432. The van der Waals surface area contributed by atoms with Crippen LogP contribution in [0.15, 0.2) is 6.20 Å². The maximum Gasteiger partial charge on any atom is 0.244 e. The summed E-state index contributed by atoms with van der Waals surface area (Å²) in [5.41, 5.74) is 0. The molecule has 6 heteroatoms. The van der Waals surface area contributed by atoms with Gasteiger partial charge in [0.2, 0.25) is 5.28 Å². The van der Waals surface area contributed by atoms with Gasteiger partial charge in [0.15, 0.2) is 0 Å². The molecule has 1 aliphatic rings. The Kier molecular flexibility index (Phi) is 3.90. The number of hydrogen-bond acceptors (Lipinski definition) is 5. The number of rotatable bonds is 3. The third-order valence-electron chi connectivity index (χ3n) is 2.84. The predicted molar refractivity (Wildman–Crippen MR) is 63.6 cm³/mol. The van der Waals surface area contributed by atoms with E-state index in [0.717, 1.165) is 19.5 Å².